The van der Waals surface area contributed by atoms with Gasteiger partial charge in [0.2, 0.25) is 0 Å². The first-order valence-corrected chi connectivity index (χ1v) is 7.32. The molecule has 0 aliphatic heterocycles. The van der Waals surface area contributed by atoms with Gasteiger partial charge in [-0.1, -0.05) is 35.3 Å². The average molecular weight is 354 g/mol. The topological polar surface area (TPSA) is 75.6 Å². The van der Waals surface area contributed by atoms with Gasteiger partial charge in [0.25, 0.3) is 5.91 Å². The zero-order valence-electron chi connectivity index (χ0n) is 12.1. The normalized spacial score (nSPS) is 10.2. The van der Waals surface area contributed by atoms with Gasteiger partial charge < -0.3 is 15.2 Å². The molecule has 0 bridgehead atoms. The average Bonchev–Trinajstić information content (AvgIpc) is 2.54. The summed E-state index contributed by atoms with van der Waals surface area (Å²) in [7, 11) is 1.39. The van der Waals surface area contributed by atoms with E-state index in [4.69, 9.17) is 33.0 Å². The number of carboxylic acids is 1. The molecule has 2 aromatic rings. The van der Waals surface area contributed by atoms with E-state index in [9.17, 15) is 9.59 Å². The Morgan fingerprint density at radius 2 is 1.87 bits per heavy atom. The van der Waals surface area contributed by atoms with E-state index in [1.807, 2.05) is 0 Å². The minimum Gasteiger partial charge on any atom is -0.494 e. The third kappa shape index (κ3) is 3.94. The fourth-order valence-corrected chi connectivity index (χ4v) is 2.50. The molecule has 0 aromatic heterocycles. The number of carbonyl (C=O) groups is 2. The molecule has 0 atom stereocenters. The molecule has 0 radical (unpaired) electrons. The van der Waals surface area contributed by atoms with E-state index >= 15 is 0 Å². The van der Waals surface area contributed by atoms with Crippen molar-refractivity contribution in [2.45, 2.75) is 6.54 Å². The van der Waals surface area contributed by atoms with Gasteiger partial charge in [-0.2, -0.15) is 0 Å². The van der Waals surface area contributed by atoms with Gasteiger partial charge in [0.05, 0.1) is 22.7 Å². The number of aromatic carboxylic acids is 1. The number of halogens is 2. The summed E-state index contributed by atoms with van der Waals surface area (Å²) in [6.07, 6.45) is 0. The summed E-state index contributed by atoms with van der Waals surface area (Å²) in [4.78, 5) is 23.3. The largest absolute Gasteiger partial charge is 0.494 e. The fraction of sp³-hybridized carbons (Fsp3) is 0.125. The van der Waals surface area contributed by atoms with Gasteiger partial charge in [-0.3, -0.25) is 4.79 Å². The molecule has 2 rings (SSSR count). The van der Waals surface area contributed by atoms with Crippen LogP contribution >= 0.6 is 23.2 Å². The minimum absolute atomic E-state index is 0.135. The van der Waals surface area contributed by atoms with Gasteiger partial charge in [-0.25, -0.2) is 4.79 Å². The molecule has 0 aliphatic rings. The van der Waals surface area contributed by atoms with E-state index in [1.54, 1.807) is 12.1 Å². The molecule has 0 fully saturated rings. The molecule has 0 saturated carbocycles. The maximum Gasteiger partial charge on any atom is 0.335 e. The molecular formula is C16H13Cl2NO4. The van der Waals surface area contributed by atoms with E-state index in [-0.39, 0.29) is 33.5 Å². The molecule has 7 heteroatoms. The first-order valence-electron chi connectivity index (χ1n) is 6.56. The number of benzene rings is 2. The molecule has 0 spiro atoms. The molecule has 2 N–H and O–H groups in total. The zero-order chi connectivity index (χ0) is 17.0. The first kappa shape index (κ1) is 17.1. The SMILES string of the molecule is COc1c(Cl)ccc(Cl)c1C(=O)NCc1cccc(C(=O)O)c1. The van der Waals surface area contributed by atoms with Crippen molar-refractivity contribution < 1.29 is 19.4 Å². The van der Waals surface area contributed by atoms with Crippen molar-refractivity contribution in [2.24, 2.45) is 0 Å². The number of hydrogen-bond donors (Lipinski definition) is 2. The Morgan fingerprint density at radius 1 is 1.17 bits per heavy atom. The van der Waals surface area contributed by atoms with Gasteiger partial charge in [0.1, 0.15) is 5.56 Å². The van der Waals surface area contributed by atoms with Crippen molar-refractivity contribution in [3.63, 3.8) is 0 Å². The van der Waals surface area contributed by atoms with E-state index < -0.39 is 11.9 Å². The molecular weight excluding hydrogens is 341 g/mol. The summed E-state index contributed by atoms with van der Waals surface area (Å²) in [6.45, 7) is 0.145. The van der Waals surface area contributed by atoms with E-state index in [0.29, 0.717) is 5.56 Å². The summed E-state index contributed by atoms with van der Waals surface area (Å²) in [5.41, 5.74) is 0.932. The highest BCUT2D eigenvalue weighted by molar-refractivity contribution is 6.37. The second-order valence-electron chi connectivity index (χ2n) is 4.63. The van der Waals surface area contributed by atoms with Crippen molar-refractivity contribution in [3.8, 4) is 5.75 Å². The maximum atomic E-state index is 12.3. The lowest BCUT2D eigenvalue weighted by molar-refractivity contribution is 0.0696. The van der Waals surface area contributed by atoms with E-state index in [1.165, 1.54) is 31.4 Å². The van der Waals surface area contributed by atoms with Crippen molar-refractivity contribution >= 4 is 35.1 Å². The monoisotopic (exact) mass is 353 g/mol. The number of nitrogens with one attached hydrogen (secondary N) is 1. The summed E-state index contributed by atoms with van der Waals surface area (Å²) < 4.78 is 5.13. The zero-order valence-corrected chi connectivity index (χ0v) is 13.6. The fourth-order valence-electron chi connectivity index (χ4n) is 2.03. The lowest BCUT2D eigenvalue weighted by Crippen LogP contribution is -2.24. The van der Waals surface area contributed by atoms with Crippen LogP contribution in [0.1, 0.15) is 26.3 Å². The van der Waals surface area contributed by atoms with Gasteiger partial charge in [0, 0.05) is 6.54 Å². The third-order valence-electron chi connectivity index (χ3n) is 3.12. The number of carbonyl (C=O) groups excluding carboxylic acids is 1. The molecule has 0 saturated heterocycles. The molecule has 1 amide bonds. The number of hydrogen-bond acceptors (Lipinski definition) is 3. The molecule has 0 aliphatic carbocycles. The minimum atomic E-state index is -1.03. The predicted octanol–water partition coefficient (Wildman–Crippen LogP) is 3.63. The van der Waals surface area contributed by atoms with Crippen molar-refractivity contribution in [3.05, 3.63) is 63.1 Å². The summed E-state index contributed by atoms with van der Waals surface area (Å²) in [5, 5.41) is 12.1. The Hall–Kier alpha value is -2.24. The molecule has 0 heterocycles. The Balaban J connectivity index is 2.19. The van der Waals surface area contributed by atoms with Gasteiger partial charge in [0.15, 0.2) is 5.75 Å². The number of ether oxygens (including phenoxy) is 1. The molecule has 2 aromatic carbocycles. The van der Waals surface area contributed by atoms with Crippen molar-refractivity contribution in [1.82, 2.24) is 5.32 Å². The predicted molar refractivity (Wildman–Crippen MR) is 87.6 cm³/mol. The Kier molecular flexibility index (Phi) is 5.47. The van der Waals surface area contributed by atoms with Gasteiger partial charge in [-0.05, 0) is 29.8 Å². The van der Waals surface area contributed by atoms with Crippen LogP contribution in [0.3, 0.4) is 0 Å². The number of rotatable bonds is 5. The second kappa shape index (κ2) is 7.35. The smallest absolute Gasteiger partial charge is 0.335 e. The van der Waals surface area contributed by atoms with Crippen LogP contribution in [0.2, 0.25) is 10.0 Å². The second-order valence-corrected chi connectivity index (χ2v) is 5.44. The first-order chi connectivity index (χ1) is 10.9. The highest BCUT2D eigenvalue weighted by atomic mass is 35.5. The van der Waals surface area contributed by atoms with E-state index in [0.717, 1.165) is 0 Å². The highest BCUT2D eigenvalue weighted by Gasteiger charge is 2.19. The third-order valence-corrected chi connectivity index (χ3v) is 3.73. The molecule has 120 valence electrons. The Bertz CT molecular complexity index is 762. The van der Waals surface area contributed by atoms with Crippen molar-refractivity contribution in [2.75, 3.05) is 7.11 Å². The Morgan fingerprint density at radius 3 is 2.52 bits per heavy atom. The highest BCUT2D eigenvalue weighted by Crippen LogP contribution is 2.33. The van der Waals surface area contributed by atoms with E-state index in [2.05, 4.69) is 5.32 Å². The number of amides is 1. The van der Waals surface area contributed by atoms with Crippen LogP contribution in [-0.4, -0.2) is 24.1 Å². The molecule has 23 heavy (non-hydrogen) atoms. The van der Waals surface area contributed by atoms with Gasteiger partial charge >= 0.3 is 5.97 Å². The Labute approximate surface area is 142 Å². The van der Waals surface area contributed by atoms with Crippen LogP contribution in [0.25, 0.3) is 0 Å². The van der Waals surface area contributed by atoms with Crippen LogP contribution < -0.4 is 10.1 Å². The standard InChI is InChI=1S/C16H13Cl2NO4/c1-23-14-12(18)6-5-11(17)13(14)15(20)19-8-9-3-2-4-10(7-9)16(21)22/h2-7H,8H2,1H3,(H,19,20)(H,21,22). The number of carboxylic acid groups (broad SMARTS) is 1. The van der Waals surface area contributed by atoms with Crippen LogP contribution in [0.5, 0.6) is 5.75 Å². The summed E-state index contributed by atoms with van der Waals surface area (Å²) in [6, 6.07) is 9.33. The molecule has 5 nitrogen and oxygen atoms in total. The summed E-state index contributed by atoms with van der Waals surface area (Å²) >= 11 is 12.0. The number of methoxy groups -OCH3 is 1. The maximum absolute atomic E-state index is 12.3. The lowest BCUT2D eigenvalue weighted by atomic mass is 10.1. The summed E-state index contributed by atoms with van der Waals surface area (Å²) in [5.74, 6) is -1.30. The van der Waals surface area contributed by atoms with Crippen LogP contribution in [0.15, 0.2) is 36.4 Å². The van der Waals surface area contributed by atoms with Crippen LogP contribution in [0.4, 0.5) is 0 Å². The van der Waals surface area contributed by atoms with Crippen molar-refractivity contribution in [1.29, 1.82) is 0 Å². The van der Waals surface area contributed by atoms with Gasteiger partial charge in [-0.15, -0.1) is 0 Å². The lowest BCUT2D eigenvalue weighted by Gasteiger charge is -2.12. The quantitative estimate of drug-likeness (QED) is 0.860. The van der Waals surface area contributed by atoms with Crippen LogP contribution in [-0.2, 0) is 6.54 Å². The van der Waals surface area contributed by atoms with Crippen LogP contribution in [0, 0.1) is 0 Å². The molecule has 0 unspecified atom stereocenters.